The summed E-state index contributed by atoms with van der Waals surface area (Å²) in [5.74, 6) is 0. The summed E-state index contributed by atoms with van der Waals surface area (Å²) in [7, 11) is 0. The van der Waals surface area contributed by atoms with Crippen LogP contribution in [0.4, 0.5) is 0 Å². The molecule has 0 aromatic heterocycles. The Hall–Kier alpha value is 4.24. The standard InChI is InChI=1S/Ce.2Cu.12HNO2.5Rb/c;;;12*2-1-3;;;;;/h;;;12*(H,2,3);;;;;/q+3;2*+2;;;;;;;;;;;;;5*+1/p-12. The Balaban J connectivity index is -0.00000000780. The van der Waals surface area contributed by atoms with Crippen LogP contribution < -0.4 is 291 Å². The third kappa shape index (κ3) is 5260. The van der Waals surface area contributed by atoms with Gasteiger partial charge in [0.2, 0.25) is 0 Å². The molecule has 0 saturated heterocycles. The van der Waals surface area contributed by atoms with E-state index in [1.807, 2.05) is 0 Å². The van der Waals surface area contributed by atoms with Crippen LogP contribution >= 0.6 is 0 Å². The van der Waals surface area contributed by atoms with Gasteiger partial charge in [0.05, 0.1) is 0 Å². The van der Waals surface area contributed by atoms with Gasteiger partial charge in [-0.1, -0.05) is 0 Å². The maximum Gasteiger partial charge on any atom is 3.00 e. The summed E-state index contributed by atoms with van der Waals surface area (Å²) in [5, 5.41) is 108. The van der Waals surface area contributed by atoms with Crippen molar-refractivity contribution >= 4 is 0 Å². The second kappa shape index (κ2) is 383. The fraction of sp³-hybridized carbons (Fsp3) is 0. The minimum atomic E-state index is 0. The molecule has 0 aliphatic carbocycles. The fourth-order valence-corrected chi connectivity index (χ4v) is 0. The first-order valence-electron chi connectivity index (χ1n) is 4.38. The van der Waals surface area contributed by atoms with Gasteiger partial charge in [0, 0.05) is 0 Å². The molecule has 0 spiro atoms. The van der Waals surface area contributed by atoms with E-state index in [2.05, 4.69) is 0 Å². The van der Waals surface area contributed by atoms with Crippen molar-refractivity contribution in [2.45, 2.75) is 0 Å². The zero-order valence-corrected chi connectivity index (χ0v) is 50.9. The van der Waals surface area contributed by atoms with Gasteiger partial charge in [0.15, 0.2) is 0 Å². The molecule has 0 atom stereocenters. The van der Waals surface area contributed by atoms with E-state index >= 15 is 0 Å². The molecule has 44 heavy (non-hydrogen) atoms. The van der Waals surface area contributed by atoms with E-state index in [4.69, 9.17) is 121 Å². The normalized spacial score (nSPS) is 3.27. The molecule has 0 heterocycles. The Bertz CT molecular complexity index is 293. The molecule has 0 saturated carbocycles. The molecular formula is CeCu2N12O24Rb5. The molecule has 0 N–H and O–H groups in total. The molecule has 0 rings (SSSR count). The zero-order valence-electron chi connectivity index (χ0n) is 21.3. The van der Waals surface area contributed by atoms with Crippen LogP contribution in [0.15, 0.2) is 64.1 Å². The molecular weight excluding hydrogens is 1250 g/mol. The summed E-state index contributed by atoms with van der Waals surface area (Å²) in [5.41, 5.74) is 0. The smallest absolute Gasteiger partial charge is 0.444 e. The molecule has 0 bridgehead atoms. The van der Waals surface area contributed by atoms with Crippen LogP contribution in [0.25, 0.3) is 0 Å². The molecule has 235 valence electrons. The summed E-state index contributed by atoms with van der Waals surface area (Å²) in [6.45, 7) is 0. The van der Waals surface area contributed by atoms with Crippen molar-refractivity contribution in [3.63, 3.8) is 0 Å². The van der Waals surface area contributed by atoms with E-state index in [1.54, 1.807) is 0 Å². The quantitative estimate of drug-likeness (QED) is 0.123. The average molecular weight is 1250 g/mol. The van der Waals surface area contributed by atoms with Crippen molar-refractivity contribution in [1.82, 2.24) is 0 Å². The molecule has 0 aliphatic rings. The van der Waals surface area contributed by atoms with E-state index < -0.39 is 0 Å². The maximum atomic E-state index is 8.00. The maximum absolute atomic E-state index is 8.00. The van der Waals surface area contributed by atoms with Crippen molar-refractivity contribution in [1.29, 1.82) is 0 Å². The molecule has 0 amide bonds. The van der Waals surface area contributed by atoms with Gasteiger partial charge < -0.3 is 121 Å². The Kier molecular flexibility index (Phi) is 1170. The predicted molar refractivity (Wildman–Crippen MR) is 110 cm³/mol. The van der Waals surface area contributed by atoms with Gasteiger partial charge in [-0.05, 0) is 0 Å². The molecule has 0 aliphatic heterocycles. The summed E-state index contributed by atoms with van der Waals surface area (Å²) in [4.78, 5) is 96.0. The van der Waals surface area contributed by atoms with Gasteiger partial charge in [0.25, 0.3) is 0 Å². The van der Waals surface area contributed by atoms with Crippen LogP contribution in [0.2, 0.25) is 0 Å². The van der Waals surface area contributed by atoms with Crippen molar-refractivity contribution < 1.29 is 367 Å². The SMILES string of the molecule is O=N[O-].O=N[O-].O=N[O-].O=N[O-].O=N[O-].O=N[O-].O=N[O-].O=N[O-].O=N[O-].O=N[O-].O=N[O-].O=N[O-].[Ce+3].[Cu+2].[Cu+2].[Rb+].[Rb+].[Rb+].[Rb+].[Rb+]. The second-order valence-corrected chi connectivity index (χ2v) is 0.894. The molecule has 0 aromatic carbocycles. The number of hydrogen-bond acceptors (Lipinski definition) is 36. The topological polar surface area (TPSA) is 630 Å². The summed E-state index contributed by atoms with van der Waals surface area (Å²) in [6.07, 6.45) is 0. The number of hydrogen-bond donors (Lipinski definition) is 0. The average Bonchev–Trinajstić information content (AvgIpc) is 2.75. The van der Waals surface area contributed by atoms with Crippen LogP contribution in [-0.4, -0.2) is 0 Å². The van der Waals surface area contributed by atoms with Gasteiger partial charge in [0.1, 0.15) is 0 Å². The molecule has 36 nitrogen and oxygen atoms in total. The second-order valence-electron chi connectivity index (χ2n) is 0.894. The first kappa shape index (κ1) is 135. The number of nitrogens with zero attached hydrogens (tertiary/aromatic N) is 12. The zero-order chi connectivity index (χ0) is 32.5. The van der Waals surface area contributed by atoms with Crippen LogP contribution in [-0.2, 0) is 34.1 Å². The van der Waals surface area contributed by atoms with E-state index in [9.17, 15) is 0 Å². The minimum Gasteiger partial charge on any atom is -0.444 e. The molecule has 0 aromatic rings. The van der Waals surface area contributed by atoms with Crippen LogP contribution in [0.1, 0.15) is 0 Å². The van der Waals surface area contributed by atoms with Gasteiger partial charge >= 0.3 is 367 Å². The summed E-state index contributed by atoms with van der Waals surface area (Å²) >= 11 is 0. The Morgan fingerprint density at radius 3 is 0.205 bits per heavy atom. The Morgan fingerprint density at radius 2 is 0.205 bits per heavy atom. The molecule has 0 fully saturated rings. The van der Waals surface area contributed by atoms with Crippen LogP contribution in [0, 0.1) is 163 Å². The van der Waals surface area contributed by atoms with Crippen molar-refractivity contribution in [2.24, 2.45) is 64.1 Å². The molecule has 44 heteroatoms. The summed E-state index contributed by atoms with van der Waals surface area (Å²) in [6, 6.07) is 0. The van der Waals surface area contributed by atoms with Gasteiger partial charge in [-0.3, -0.25) is 0 Å². The van der Waals surface area contributed by atoms with E-state index in [-0.39, 0.29) is 367 Å². The van der Waals surface area contributed by atoms with Crippen LogP contribution in [0.5, 0.6) is 0 Å². The monoisotopic (exact) mass is 1240 g/mol. The fourth-order valence-electron chi connectivity index (χ4n) is 0. The largest absolute Gasteiger partial charge is 3.00 e. The molecule has 0 unspecified atom stereocenters. The van der Waals surface area contributed by atoms with Crippen LogP contribution in [0.3, 0.4) is 0 Å². The Morgan fingerprint density at radius 1 is 0.205 bits per heavy atom. The van der Waals surface area contributed by atoms with E-state index in [1.165, 1.54) is 0 Å². The van der Waals surface area contributed by atoms with Gasteiger partial charge in [-0.2, -0.15) is 0 Å². The number of rotatable bonds is 0. The minimum absolute atomic E-state index is 0. The van der Waals surface area contributed by atoms with Gasteiger partial charge in [-0.15, -0.1) is 64.1 Å². The van der Waals surface area contributed by atoms with Crippen molar-refractivity contribution in [3.05, 3.63) is 121 Å². The summed E-state index contributed by atoms with van der Waals surface area (Å²) < 4.78 is 0. The van der Waals surface area contributed by atoms with Crippen molar-refractivity contribution in [2.75, 3.05) is 0 Å². The third-order valence-corrected chi connectivity index (χ3v) is 0. The Labute approximate surface area is 536 Å². The van der Waals surface area contributed by atoms with Crippen molar-refractivity contribution in [3.8, 4) is 0 Å². The van der Waals surface area contributed by atoms with E-state index in [0.717, 1.165) is 64.1 Å². The predicted octanol–water partition coefficient (Wildman–Crippen LogP) is -12.0. The first-order chi connectivity index (χ1) is 17.0. The first-order valence-corrected chi connectivity index (χ1v) is 4.38. The third-order valence-electron chi connectivity index (χ3n) is 0. The van der Waals surface area contributed by atoms with E-state index in [0.29, 0.717) is 0 Å². The molecule has 3 radical (unpaired) electrons. The van der Waals surface area contributed by atoms with Gasteiger partial charge in [-0.25, -0.2) is 0 Å².